The van der Waals surface area contributed by atoms with E-state index in [1.54, 1.807) is 0 Å². The third-order valence-corrected chi connectivity index (χ3v) is 3.44. The Balaban J connectivity index is 2.75. The first kappa shape index (κ1) is 7.18. The van der Waals surface area contributed by atoms with Crippen LogP contribution in [0.4, 0.5) is 0 Å². The average Bonchev–Trinajstić information content (AvgIpc) is 1.81. The third-order valence-electron chi connectivity index (χ3n) is 3.44. The van der Waals surface area contributed by atoms with Crippen LogP contribution in [0.1, 0.15) is 40.0 Å². The smallest absolute Gasteiger partial charge is 0.0664 e. The normalized spacial score (nSPS) is 41.2. The predicted octanol–water partition coefficient (Wildman–Crippen LogP) is 2.01. The van der Waals surface area contributed by atoms with Gasteiger partial charge in [0.2, 0.25) is 0 Å². The molecule has 0 spiro atoms. The fraction of sp³-hybridized carbons (Fsp3) is 1.00. The highest BCUT2D eigenvalue weighted by Crippen LogP contribution is 2.55. The molecule has 0 aromatic rings. The molecule has 0 N–H and O–H groups in total. The molecular weight excluding hydrogens is 107 g/mol. The Kier molecular flexibility index (Phi) is 1.41. The first-order valence-corrected chi connectivity index (χ1v) is 3.96. The molecule has 1 atom stereocenters. The van der Waals surface area contributed by atoms with Crippen molar-refractivity contribution in [1.29, 1.82) is 0 Å². The fourth-order valence-electron chi connectivity index (χ4n) is 1.65. The van der Waals surface area contributed by atoms with Crippen molar-refractivity contribution in [3.63, 3.8) is 0 Å². The topological polar surface area (TPSA) is 0 Å². The molecule has 0 aliphatic heterocycles. The average molecular weight is 124 g/mol. The van der Waals surface area contributed by atoms with Crippen molar-refractivity contribution in [3.05, 3.63) is 0 Å². The van der Waals surface area contributed by atoms with Gasteiger partial charge in [-0.05, 0) is 11.8 Å². The van der Waals surface area contributed by atoms with E-state index in [1.807, 2.05) is 0 Å². The van der Waals surface area contributed by atoms with E-state index in [1.165, 1.54) is 19.3 Å². The van der Waals surface area contributed by atoms with Crippen molar-refractivity contribution in [2.24, 2.45) is 5.41 Å². The van der Waals surface area contributed by atoms with Gasteiger partial charge in [0, 0.05) is 0 Å². The molecule has 0 saturated heterocycles. The summed E-state index contributed by atoms with van der Waals surface area (Å²) in [6, 6.07) is 0. The van der Waals surface area contributed by atoms with E-state index in [0.717, 1.165) is 0 Å². The maximum Gasteiger partial charge on any atom is 0.109 e. The molecular formula is C8H17B. The summed E-state index contributed by atoms with van der Waals surface area (Å²) in [6.07, 6.45) is 4.26. The zero-order chi connectivity index (χ0) is 7.12. The van der Waals surface area contributed by atoms with Crippen LogP contribution in [0, 0.1) is 5.41 Å². The van der Waals surface area contributed by atoms with Gasteiger partial charge in [-0.25, -0.2) is 0 Å². The van der Waals surface area contributed by atoms with Crippen LogP contribution in [0.3, 0.4) is 0 Å². The summed E-state index contributed by atoms with van der Waals surface area (Å²) in [5.74, 6) is 0. The molecule has 0 aromatic carbocycles. The van der Waals surface area contributed by atoms with E-state index in [4.69, 9.17) is 0 Å². The van der Waals surface area contributed by atoms with E-state index in [0.29, 0.717) is 10.7 Å². The van der Waals surface area contributed by atoms with Crippen molar-refractivity contribution in [3.8, 4) is 0 Å². The molecule has 9 heavy (non-hydrogen) atoms. The fourth-order valence-corrected chi connectivity index (χ4v) is 1.65. The molecule has 52 valence electrons. The predicted molar refractivity (Wildman–Crippen MR) is 44.5 cm³/mol. The summed E-state index contributed by atoms with van der Waals surface area (Å²) in [5.41, 5.74) is 0.590. The van der Waals surface area contributed by atoms with Crippen molar-refractivity contribution in [2.75, 3.05) is 0 Å². The van der Waals surface area contributed by atoms with Gasteiger partial charge in [0.1, 0.15) is 7.85 Å². The summed E-state index contributed by atoms with van der Waals surface area (Å²) in [6.45, 7) is 7.17. The largest absolute Gasteiger partial charge is 0.109 e. The molecule has 1 saturated carbocycles. The number of rotatable bonds is 0. The van der Waals surface area contributed by atoms with Crippen LogP contribution >= 0.6 is 0 Å². The minimum Gasteiger partial charge on any atom is -0.0664 e. The molecule has 1 heteroatoms. The Morgan fingerprint density at radius 3 is 1.78 bits per heavy atom. The lowest BCUT2D eigenvalue weighted by Gasteiger charge is -2.34. The molecule has 1 rings (SSSR count). The lowest BCUT2D eigenvalue weighted by molar-refractivity contribution is 0.299. The highest BCUT2D eigenvalue weighted by atomic mass is 14.4. The molecule has 0 bridgehead atoms. The SMILES string of the molecule is BC1(C)CCCC1(C)C. The minimum atomic E-state index is 0.590. The van der Waals surface area contributed by atoms with Crippen LogP contribution in [0.25, 0.3) is 0 Å². The molecule has 1 unspecified atom stereocenters. The molecule has 0 radical (unpaired) electrons. The van der Waals surface area contributed by atoms with Gasteiger partial charge in [0.25, 0.3) is 0 Å². The number of hydrogen-bond acceptors (Lipinski definition) is 0. The van der Waals surface area contributed by atoms with Crippen molar-refractivity contribution in [1.82, 2.24) is 0 Å². The lowest BCUT2D eigenvalue weighted by atomic mass is 9.57. The molecule has 1 aliphatic carbocycles. The van der Waals surface area contributed by atoms with Gasteiger partial charge in [0.15, 0.2) is 0 Å². The second kappa shape index (κ2) is 1.77. The minimum absolute atomic E-state index is 0.590. The molecule has 0 nitrogen and oxygen atoms in total. The molecule has 0 amide bonds. The summed E-state index contributed by atoms with van der Waals surface area (Å²) in [7, 11) is 2.39. The Hall–Kier alpha value is 0.0649. The van der Waals surface area contributed by atoms with Crippen LogP contribution in [0.5, 0.6) is 0 Å². The van der Waals surface area contributed by atoms with Crippen LogP contribution in [0.15, 0.2) is 0 Å². The van der Waals surface area contributed by atoms with Crippen LogP contribution < -0.4 is 0 Å². The number of hydrogen-bond donors (Lipinski definition) is 0. The third kappa shape index (κ3) is 1.02. The van der Waals surface area contributed by atoms with Gasteiger partial charge in [-0.1, -0.05) is 38.9 Å². The van der Waals surface area contributed by atoms with E-state index in [9.17, 15) is 0 Å². The second-order valence-corrected chi connectivity index (χ2v) is 4.62. The van der Waals surface area contributed by atoms with Crippen molar-refractivity contribution >= 4 is 7.85 Å². The van der Waals surface area contributed by atoms with Gasteiger partial charge in [-0.15, -0.1) is 0 Å². The maximum absolute atomic E-state index is 2.39. The van der Waals surface area contributed by atoms with Gasteiger partial charge < -0.3 is 0 Å². The first-order chi connectivity index (χ1) is 3.96. The molecule has 1 fully saturated rings. The summed E-state index contributed by atoms with van der Waals surface area (Å²) in [4.78, 5) is 0. The van der Waals surface area contributed by atoms with Crippen LogP contribution in [0.2, 0.25) is 5.31 Å². The standard InChI is InChI=1S/C8H17B/c1-7(2)5-4-6-8(7,3)9/h4-6,9H2,1-3H3. The van der Waals surface area contributed by atoms with Gasteiger partial charge in [-0.3, -0.25) is 0 Å². The van der Waals surface area contributed by atoms with Gasteiger partial charge in [-0.2, -0.15) is 0 Å². The van der Waals surface area contributed by atoms with Crippen molar-refractivity contribution in [2.45, 2.75) is 45.3 Å². The summed E-state index contributed by atoms with van der Waals surface area (Å²) < 4.78 is 0. The summed E-state index contributed by atoms with van der Waals surface area (Å²) in [5, 5.41) is 0.590. The van der Waals surface area contributed by atoms with Crippen molar-refractivity contribution < 1.29 is 0 Å². The Morgan fingerprint density at radius 2 is 1.67 bits per heavy atom. The lowest BCUT2D eigenvalue weighted by Crippen LogP contribution is -2.22. The first-order valence-electron chi connectivity index (χ1n) is 3.96. The van der Waals surface area contributed by atoms with Gasteiger partial charge >= 0.3 is 0 Å². The monoisotopic (exact) mass is 124 g/mol. The zero-order valence-electron chi connectivity index (χ0n) is 7.12. The molecule has 0 aromatic heterocycles. The summed E-state index contributed by atoms with van der Waals surface area (Å²) >= 11 is 0. The van der Waals surface area contributed by atoms with E-state index >= 15 is 0 Å². The maximum atomic E-state index is 2.39. The molecule has 1 aliphatic rings. The Morgan fingerprint density at radius 1 is 1.11 bits per heavy atom. The Bertz CT molecular complexity index is 99.7. The second-order valence-electron chi connectivity index (χ2n) is 4.62. The van der Waals surface area contributed by atoms with Gasteiger partial charge in [0.05, 0.1) is 0 Å². The van der Waals surface area contributed by atoms with E-state index in [2.05, 4.69) is 28.6 Å². The zero-order valence-corrected chi connectivity index (χ0v) is 7.12. The highest BCUT2D eigenvalue weighted by molar-refractivity contribution is 6.15. The molecule has 0 heterocycles. The quantitative estimate of drug-likeness (QED) is 0.433. The Labute approximate surface area is 59.4 Å². The van der Waals surface area contributed by atoms with E-state index < -0.39 is 0 Å². The van der Waals surface area contributed by atoms with Crippen LogP contribution in [-0.2, 0) is 0 Å². The van der Waals surface area contributed by atoms with E-state index in [-0.39, 0.29) is 0 Å². The van der Waals surface area contributed by atoms with Crippen LogP contribution in [-0.4, -0.2) is 7.85 Å². The highest BCUT2D eigenvalue weighted by Gasteiger charge is 2.40.